The summed E-state index contributed by atoms with van der Waals surface area (Å²) in [5.41, 5.74) is 0.618. The van der Waals surface area contributed by atoms with Crippen molar-refractivity contribution in [2.45, 2.75) is 37.9 Å². The highest BCUT2D eigenvalue weighted by molar-refractivity contribution is 7.91. The molecule has 122 valence electrons. The lowest BCUT2D eigenvalue weighted by atomic mass is 10.1. The van der Waals surface area contributed by atoms with E-state index in [1.807, 2.05) is 0 Å². The first-order valence-electron chi connectivity index (χ1n) is 7.69. The van der Waals surface area contributed by atoms with Gasteiger partial charge in [0.2, 0.25) is 5.91 Å². The van der Waals surface area contributed by atoms with Crippen LogP contribution in [0, 0.1) is 0 Å². The van der Waals surface area contributed by atoms with Gasteiger partial charge in [0.25, 0.3) is 0 Å². The second kappa shape index (κ2) is 7.97. The molecular formula is C16H22ClNO3S. The molecule has 0 unspecified atom stereocenters. The normalized spacial score (nSPS) is 16.9. The van der Waals surface area contributed by atoms with Gasteiger partial charge < -0.3 is 4.90 Å². The number of carbonyl (C=O) groups is 1. The van der Waals surface area contributed by atoms with Gasteiger partial charge in [-0.15, -0.1) is 0 Å². The van der Waals surface area contributed by atoms with Gasteiger partial charge in [-0.1, -0.05) is 43.0 Å². The van der Waals surface area contributed by atoms with Crippen LogP contribution in [0.15, 0.2) is 24.3 Å². The van der Waals surface area contributed by atoms with Crippen LogP contribution in [0.5, 0.6) is 0 Å². The van der Waals surface area contributed by atoms with Crippen molar-refractivity contribution in [2.75, 3.05) is 18.8 Å². The summed E-state index contributed by atoms with van der Waals surface area (Å²) in [7, 11) is -3.47. The van der Waals surface area contributed by atoms with Crippen LogP contribution in [0.25, 0.3) is 0 Å². The molecule has 0 N–H and O–H groups in total. The molecule has 2 rings (SSSR count). The van der Waals surface area contributed by atoms with E-state index in [2.05, 4.69) is 0 Å². The van der Waals surface area contributed by atoms with Crippen LogP contribution in [0.4, 0.5) is 0 Å². The van der Waals surface area contributed by atoms with Crippen molar-refractivity contribution in [3.63, 3.8) is 0 Å². The quantitative estimate of drug-likeness (QED) is 0.844. The van der Waals surface area contributed by atoms with Crippen LogP contribution in [0.3, 0.4) is 0 Å². The zero-order chi connectivity index (χ0) is 16.0. The van der Waals surface area contributed by atoms with Crippen molar-refractivity contribution in [1.29, 1.82) is 0 Å². The molecule has 0 radical (unpaired) electrons. The topological polar surface area (TPSA) is 54.5 Å². The van der Waals surface area contributed by atoms with E-state index in [9.17, 15) is 13.2 Å². The Kier molecular flexibility index (Phi) is 6.26. The highest BCUT2D eigenvalue weighted by Crippen LogP contribution is 2.15. The summed E-state index contributed by atoms with van der Waals surface area (Å²) in [6.07, 6.45) is 5.34. The van der Waals surface area contributed by atoms with Crippen molar-refractivity contribution in [3.8, 4) is 0 Å². The lowest BCUT2D eigenvalue weighted by Gasteiger charge is -2.24. The van der Waals surface area contributed by atoms with Crippen LogP contribution in [0.2, 0.25) is 5.02 Å². The molecule has 0 saturated carbocycles. The molecule has 1 heterocycles. The van der Waals surface area contributed by atoms with Crippen molar-refractivity contribution in [2.24, 2.45) is 0 Å². The number of likely N-dealkylation sites (tertiary alicyclic amines) is 1. The van der Waals surface area contributed by atoms with Gasteiger partial charge in [-0.2, -0.15) is 0 Å². The fourth-order valence-electron chi connectivity index (χ4n) is 2.71. The largest absolute Gasteiger partial charge is 0.342 e. The van der Waals surface area contributed by atoms with Gasteiger partial charge in [0.05, 0.1) is 5.75 Å². The standard InChI is InChI=1S/C16H22ClNO3S/c17-15-8-6-7-14(11-15)12-22(20,21)13-16(19)18-9-4-2-1-3-5-10-18/h6-8,11H,1-5,9-10,12-13H2. The predicted octanol–water partition coefficient (Wildman–Crippen LogP) is 3.05. The number of sulfone groups is 1. The molecule has 6 heteroatoms. The van der Waals surface area contributed by atoms with Gasteiger partial charge in [0.15, 0.2) is 9.84 Å². The first kappa shape index (κ1) is 17.3. The maximum atomic E-state index is 12.3. The minimum atomic E-state index is -3.47. The van der Waals surface area contributed by atoms with Gasteiger partial charge in [0.1, 0.15) is 5.75 Å². The Hall–Kier alpha value is -1.07. The van der Waals surface area contributed by atoms with Crippen LogP contribution in [-0.4, -0.2) is 38.1 Å². The highest BCUT2D eigenvalue weighted by Gasteiger charge is 2.22. The number of nitrogens with zero attached hydrogens (tertiary/aromatic N) is 1. The van der Waals surface area contributed by atoms with E-state index in [4.69, 9.17) is 11.6 Å². The second-order valence-corrected chi connectivity index (χ2v) is 8.31. The van der Waals surface area contributed by atoms with Crippen molar-refractivity contribution >= 4 is 27.3 Å². The van der Waals surface area contributed by atoms with Crippen LogP contribution in [0.1, 0.15) is 37.7 Å². The van der Waals surface area contributed by atoms with Gasteiger partial charge >= 0.3 is 0 Å². The lowest BCUT2D eigenvalue weighted by molar-refractivity contribution is -0.128. The van der Waals surface area contributed by atoms with Crippen LogP contribution in [-0.2, 0) is 20.4 Å². The molecule has 22 heavy (non-hydrogen) atoms. The molecule has 1 aliphatic heterocycles. The lowest BCUT2D eigenvalue weighted by Crippen LogP contribution is -2.38. The monoisotopic (exact) mass is 343 g/mol. The van der Waals surface area contributed by atoms with E-state index >= 15 is 0 Å². The first-order chi connectivity index (χ1) is 10.5. The molecule has 0 aromatic heterocycles. The number of amides is 1. The zero-order valence-electron chi connectivity index (χ0n) is 12.6. The van der Waals surface area contributed by atoms with E-state index < -0.39 is 15.6 Å². The first-order valence-corrected chi connectivity index (χ1v) is 9.89. The Bertz CT molecular complexity index is 608. The van der Waals surface area contributed by atoms with E-state index in [0.29, 0.717) is 23.7 Å². The summed E-state index contributed by atoms with van der Waals surface area (Å²) in [5.74, 6) is -0.837. The molecule has 1 aliphatic rings. The summed E-state index contributed by atoms with van der Waals surface area (Å²) < 4.78 is 24.5. The van der Waals surface area contributed by atoms with Crippen molar-refractivity contribution in [3.05, 3.63) is 34.9 Å². The Morgan fingerprint density at radius 2 is 1.73 bits per heavy atom. The second-order valence-electron chi connectivity index (χ2n) is 5.81. The Labute approximate surface area is 137 Å². The Morgan fingerprint density at radius 3 is 2.36 bits per heavy atom. The molecule has 1 aromatic carbocycles. The van der Waals surface area contributed by atoms with Crippen molar-refractivity contribution in [1.82, 2.24) is 4.90 Å². The number of carbonyl (C=O) groups excluding carboxylic acids is 1. The SMILES string of the molecule is O=C(CS(=O)(=O)Cc1cccc(Cl)c1)N1CCCCCCC1. The third kappa shape index (κ3) is 5.61. The van der Waals surface area contributed by atoms with E-state index in [0.717, 1.165) is 25.7 Å². The number of hydrogen-bond acceptors (Lipinski definition) is 3. The van der Waals surface area contributed by atoms with Gasteiger partial charge in [0, 0.05) is 18.1 Å². The number of halogens is 1. The average Bonchev–Trinajstić information content (AvgIpc) is 2.36. The van der Waals surface area contributed by atoms with Crippen molar-refractivity contribution < 1.29 is 13.2 Å². The van der Waals surface area contributed by atoms with E-state index in [-0.39, 0.29) is 11.7 Å². The number of hydrogen-bond donors (Lipinski definition) is 0. The third-order valence-corrected chi connectivity index (χ3v) is 5.52. The average molecular weight is 344 g/mol. The molecule has 4 nitrogen and oxygen atoms in total. The third-order valence-electron chi connectivity index (χ3n) is 3.83. The summed E-state index contributed by atoms with van der Waals surface area (Å²) in [4.78, 5) is 14.0. The Balaban J connectivity index is 1.96. The van der Waals surface area contributed by atoms with Gasteiger partial charge in [-0.25, -0.2) is 8.42 Å². The van der Waals surface area contributed by atoms with Crippen LogP contribution < -0.4 is 0 Å². The highest BCUT2D eigenvalue weighted by atomic mass is 35.5. The maximum Gasteiger partial charge on any atom is 0.237 e. The smallest absolute Gasteiger partial charge is 0.237 e. The summed E-state index contributed by atoms with van der Waals surface area (Å²) >= 11 is 5.86. The molecule has 0 atom stereocenters. The minimum Gasteiger partial charge on any atom is -0.342 e. The Morgan fingerprint density at radius 1 is 1.09 bits per heavy atom. The van der Waals surface area contributed by atoms with Crippen LogP contribution >= 0.6 is 11.6 Å². The summed E-state index contributed by atoms with van der Waals surface area (Å²) in [5, 5.41) is 0.503. The zero-order valence-corrected chi connectivity index (χ0v) is 14.2. The number of benzene rings is 1. The fourth-order valence-corrected chi connectivity index (χ4v) is 4.27. The molecule has 1 saturated heterocycles. The molecule has 0 bridgehead atoms. The molecule has 0 spiro atoms. The van der Waals surface area contributed by atoms with E-state index in [1.54, 1.807) is 29.2 Å². The fraction of sp³-hybridized carbons (Fsp3) is 0.562. The maximum absolute atomic E-state index is 12.3. The van der Waals surface area contributed by atoms with E-state index in [1.165, 1.54) is 6.42 Å². The van der Waals surface area contributed by atoms with Gasteiger partial charge in [-0.05, 0) is 30.5 Å². The molecule has 1 aromatic rings. The van der Waals surface area contributed by atoms with Gasteiger partial charge in [-0.3, -0.25) is 4.79 Å². The molecular weight excluding hydrogens is 322 g/mol. The molecule has 1 amide bonds. The predicted molar refractivity (Wildman–Crippen MR) is 88.6 cm³/mol. The number of rotatable bonds is 4. The molecule has 1 fully saturated rings. The summed E-state index contributed by atoms with van der Waals surface area (Å²) in [6, 6.07) is 6.75. The minimum absolute atomic E-state index is 0.146. The molecule has 0 aliphatic carbocycles. The summed E-state index contributed by atoms with van der Waals surface area (Å²) in [6.45, 7) is 1.34.